The zero-order valence-electron chi connectivity index (χ0n) is 13.9. The lowest BCUT2D eigenvalue weighted by Crippen LogP contribution is -2.38. The molecule has 126 valence electrons. The number of rotatable bonds is 3. The Bertz CT molecular complexity index is 869. The molecule has 3 heterocycles. The number of benzene rings is 1. The van der Waals surface area contributed by atoms with Crippen molar-refractivity contribution in [2.75, 3.05) is 19.7 Å². The number of aromatic nitrogens is 3. The number of hydrogen-bond acceptors (Lipinski definition) is 3. The molecule has 24 heavy (non-hydrogen) atoms. The maximum absolute atomic E-state index is 13.5. The number of aromatic amines is 2. The molecule has 3 aromatic rings. The van der Waals surface area contributed by atoms with Crippen LogP contribution < -0.4 is 0 Å². The fourth-order valence-corrected chi connectivity index (χ4v) is 3.34. The monoisotopic (exact) mass is 328 g/mol. The first kappa shape index (κ1) is 15.4. The summed E-state index contributed by atoms with van der Waals surface area (Å²) in [7, 11) is 0. The van der Waals surface area contributed by atoms with Crippen LogP contribution in [0, 0.1) is 19.7 Å². The topological polar surface area (TPSA) is 56.9 Å². The van der Waals surface area contributed by atoms with E-state index in [1.807, 2.05) is 20.0 Å². The van der Waals surface area contributed by atoms with Gasteiger partial charge in [-0.15, -0.1) is 0 Å². The van der Waals surface area contributed by atoms with E-state index < -0.39 is 0 Å². The van der Waals surface area contributed by atoms with Gasteiger partial charge < -0.3 is 14.7 Å². The van der Waals surface area contributed by atoms with Crippen LogP contribution in [0.4, 0.5) is 4.39 Å². The number of aryl methyl sites for hydroxylation is 2. The molecule has 1 unspecified atom stereocenters. The predicted molar refractivity (Wildman–Crippen MR) is 90.3 cm³/mol. The van der Waals surface area contributed by atoms with Gasteiger partial charge in [-0.25, -0.2) is 9.37 Å². The van der Waals surface area contributed by atoms with E-state index in [-0.39, 0.29) is 11.9 Å². The first-order valence-electron chi connectivity index (χ1n) is 8.22. The standard InChI is InChI=1S/C18H21FN4O/c1-11-8-20-18(21-11)17-10-23(5-6-24-17)9-16-12(2)14-7-13(19)3-4-15(14)22-16/h3-4,7-8,17,22H,5-6,9-10H2,1-2H3,(H,20,21). The van der Waals surface area contributed by atoms with Gasteiger partial charge in [0.1, 0.15) is 17.7 Å². The number of H-pyrrole nitrogens is 2. The largest absolute Gasteiger partial charge is 0.368 e. The number of ether oxygens (including phenoxy) is 1. The Morgan fingerprint density at radius 2 is 2.21 bits per heavy atom. The average molecular weight is 328 g/mol. The molecular formula is C18H21FN4O. The molecule has 0 spiro atoms. The second-order valence-electron chi connectivity index (χ2n) is 6.46. The van der Waals surface area contributed by atoms with Gasteiger partial charge in [0, 0.05) is 48.1 Å². The predicted octanol–water partition coefficient (Wildman–Crippen LogP) is 3.22. The first-order valence-corrected chi connectivity index (χ1v) is 8.22. The van der Waals surface area contributed by atoms with Gasteiger partial charge in [-0.3, -0.25) is 4.90 Å². The summed E-state index contributed by atoms with van der Waals surface area (Å²) in [4.78, 5) is 13.4. The molecule has 1 atom stereocenters. The molecule has 1 aliphatic rings. The molecule has 6 heteroatoms. The van der Waals surface area contributed by atoms with E-state index in [9.17, 15) is 4.39 Å². The normalized spacial score (nSPS) is 19.2. The quantitative estimate of drug-likeness (QED) is 0.776. The summed E-state index contributed by atoms with van der Waals surface area (Å²) in [5.41, 5.74) is 4.27. The molecule has 1 aromatic carbocycles. The molecular weight excluding hydrogens is 307 g/mol. The van der Waals surface area contributed by atoms with Crippen molar-refractivity contribution in [3.63, 3.8) is 0 Å². The SMILES string of the molecule is Cc1cnc(C2CN(Cc3[nH]c4ccc(F)cc4c3C)CCO2)[nH]1. The summed E-state index contributed by atoms with van der Waals surface area (Å²) < 4.78 is 19.3. The molecule has 0 bridgehead atoms. The molecule has 5 nitrogen and oxygen atoms in total. The van der Waals surface area contributed by atoms with Crippen molar-refractivity contribution in [2.24, 2.45) is 0 Å². The molecule has 1 fully saturated rings. The summed E-state index contributed by atoms with van der Waals surface area (Å²) in [5, 5.41) is 0.955. The highest BCUT2D eigenvalue weighted by atomic mass is 19.1. The summed E-state index contributed by atoms with van der Waals surface area (Å²) in [6, 6.07) is 4.89. The minimum absolute atomic E-state index is 0.0328. The average Bonchev–Trinajstić information content (AvgIpc) is 3.13. The van der Waals surface area contributed by atoms with Crippen LogP contribution in [-0.2, 0) is 11.3 Å². The Labute approximate surface area is 139 Å². The maximum atomic E-state index is 13.5. The van der Waals surface area contributed by atoms with Gasteiger partial charge >= 0.3 is 0 Å². The highest BCUT2D eigenvalue weighted by Gasteiger charge is 2.25. The molecule has 0 saturated carbocycles. The molecule has 0 amide bonds. The molecule has 1 saturated heterocycles. The molecule has 2 N–H and O–H groups in total. The number of fused-ring (bicyclic) bond motifs is 1. The number of halogens is 1. The van der Waals surface area contributed by atoms with Crippen LogP contribution in [0.3, 0.4) is 0 Å². The van der Waals surface area contributed by atoms with Gasteiger partial charge in [-0.05, 0) is 37.6 Å². The van der Waals surface area contributed by atoms with Gasteiger partial charge in [0.25, 0.3) is 0 Å². The lowest BCUT2D eigenvalue weighted by molar-refractivity contribution is -0.0372. The number of imidazole rings is 1. The third-order valence-electron chi connectivity index (χ3n) is 4.68. The van der Waals surface area contributed by atoms with Crippen LogP contribution in [0.15, 0.2) is 24.4 Å². The zero-order valence-corrected chi connectivity index (χ0v) is 13.9. The first-order chi connectivity index (χ1) is 11.6. The summed E-state index contributed by atoms with van der Waals surface area (Å²) >= 11 is 0. The number of hydrogen-bond donors (Lipinski definition) is 2. The highest BCUT2D eigenvalue weighted by molar-refractivity contribution is 5.84. The van der Waals surface area contributed by atoms with E-state index >= 15 is 0 Å². The highest BCUT2D eigenvalue weighted by Crippen LogP contribution is 2.26. The van der Waals surface area contributed by atoms with E-state index in [1.54, 1.807) is 12.1 Å². The molecule has 1 aliphatic heterocycles. The van der Waals surface area contributed by atoms with Crippen molar-refractivity contribution in [3.05, 3.63) is 53.0 Å². The van der Waals surface area contributed by atoms with Gasteiger partial charge in [0.2, 0.25) is 0 Å². The zero-order chi connectivity index (χ0) is 16.7. The Morgan fingerprint density at radius 1 is 1.33 bits per heavy atom. The minimum atomic E-state index is -0.198. The Kier molecular flexibility index (Phi) is 3.86. The van der Waals surface area contributed by atoms with Crippen molar-refractivity contribution in [1.29, 1.82) is 0 Å². The van der Waals surface area contributed by atoms with Crippen LogP contribution in [0.25, 0.3) is 10.9 Å². The number of nitrogens with zero attached hydrogens (tertiary/aromatic N) is 2. The van der Waals surface area contributed by atoms with Crippen molar-refractivity contribution < 1.29 is 9.13 Å². The molecule has 2 aromatic heterocycles. The van der Waals surface area contributed by atoms with Crippen LogP contribution in [0.1, 0.15) is 28.9 Å². The van der Waals surface area contributed by atoms with Gasteiger partial charge in [0.15, 0.2) is 0 Å². The smallest absolute Gasteiger partial charge is 0.136 e. The van der Waals surface area contributed by atoms with Crippen molar-refractivity contribution in [2.45, 2.75) is 26.5 Å². The minimum Gasteiger partial charge on any atom is -0.368 e. The van der Waals surface area contributed by atoms with Gasteiger partial charge in [-0.2, -0.15) is 0 Å². The molecule has 4 rings (SSSR count). The van der Waals surface area contributed by atoms with E-state index in [2.05, 4.69) is 19.9 Å². The lowest BCUT2D eigenvalue weighted by Gasteiger charge is -2.31. The Hall–Kier alpha value is -2.18. The maximum Gasteiger partial charge on any atom is 0.136 e. The van der Waals surface area contributed by atoms with Gasteiger partial charge in [0.05, 0.1) is 6.61 Å². The van der Waals surface area contributed by atoms with Crippen LogP contribution in [0.2, 0.25) is 0 Å². The summed E-state index contributed by atoms with van der Waals surface area (Å²) in [5.74, 6) is 0.684. The third kappa shape index (κ3) is 2.83. The van der Waals surface area contributed by atoms with Crippen molar-refractivity contribution in [3.8, 4) is 0 Å². The van der Waals surface area contributed by atoms with E-state index in [0.717, 1.165) is 53.3 Å². The second kappa shape index (κ2) is 6.03. The molecule has 0 radical (unpaired) electrons. The Balaban J connectivity index is 1.53. The van der Waals surface area contributed by atoms with Gasteiger partial charge in [-0.1, -0.05) is 0 Å². The van der Waals surface area contributed by atoms with E-state index in [1.165, 1.54) is 6.07 Å². The fourth-order valence-electron chi connectivity index (χ4n) is 3.34. The third-order valence-corrected chi connectivity index (χ3v) is 4.68. The van der Waals surface area contributed by atoms with E-state index in [4.69, 9.17) is 4.74 Å². The summed E-state index contributed by atoms with van der Waals surface area (Å²) in [6.45, 7) is 7.17. The van der Waals surface area contributed by atoms with Crippen LogP contribution in [-0.4, -0.2) is 39.5 Å². The second-order valence-corrected chi connectivity index (χ2v) is 6.46. The molecule has 0 aliphatic carbocycles. The number of morpholine rings is 1. The fraction of sp³-hybridized carbons (Fsp3) is 0.389. The van der Waals surface area contributed by atoms with E-state index in [0.29, 0.717) is 6.61 Å². The van der Waals surface area contributed by atoms with Crippen LogP contribution >= 0.6 is 0 Å². The summed E-state index contributed by atoms with van der Waals surface area (Å²) in [6.07, 6.45) is 1.79. The number of nitrogens with one attached hydrogen (secondary N) is 2. The van der Waals surface area contributed by atoms with Crippen molar-refractivity contribution in [1.82, 2.24) is 19.9 Å². The van der Waals surface area contributed by atoms with Crippen molar-refractivity contribution >= 4 is 10.9 Å². The lowest BCUT2D eigenvalue weighted by atomic mass is 10.1. The Morgan fingerprint density at radius 3 is 3.00 bits per heavy atom. The van der Waals surface area contributed by atoms with Crippen LogP contribution in [0.5, 0.6) is 0 Å².